The average molecular weight is 438 g/mol. The molecule has 2 heterocycles. The van der Waals surface area contributed by atoms with Crippen molar-refractivity contribution in [2.24, 2.45) is 0 Å². The lowest BCUT2D eigenvalue weighted by Gasteiger charge is -2.34. The lowest BCUT2D eigenvalue weighted by molar-refractivity contribution is -0.147. The van der Waals surface area contributed by atoms with Crippen molar-refractivity contribution in [2.75, 3.05) is 7.05 Å². The molecular weight excluding hydrogens is 410 g/mol. The van der Waals surface area contributed by atoms with E-state index in [1.165, 1.54) is 17.1 Å². The molecule has 32 heavy (non-hydrogen) atoms. The second kappa shape index (κ2) is 9.59. The number of aromatic nitrogens is 1. The van der Waals surface area contributed by atoms with E-state index >= 15 is 0 Å². The fourth-order valence-electron chi connectivity index (χ4n) is 3.66. The van der Waals surface area contributed by atoms with Gasteiger partial charge in [-0.25, -0.2) is 5.01 Å². The number of carbonyl (C=O) groups excluding carboxylic acids is 4. The number of fused-ring (bicyclic) bond motifs is 1. The molecule has 1 aromatic carbocycles. The smallest absolute Gasteiger partial charge is 0.273 e. The predicted molar refractivity (Wildman–Crippen MR) is 117 cm³/mol. The Morgan fingerprint density at radius 2 is 1.72 bits per heavy atom. The first-order valence-corrected chi connectivity index (χ1v) is 10.4. The number of hydrogen-bond donors (Lipinski definition) is 2. The van der Waals surface area contributed by atoms with E-state index in [1.54, 1.807) is 55.7 Å². The molecule has 9 heteroatoms. The zero-order valence-corrected chi connectivity index (χ0v) is 18.5. The van der Waals surface area contributed by atoms with E-state index in [2.05, 4.69) is 15.6 Å². The van der Waals surface area contributed by atoms with Gasteiger partial charge >= 0.3 is 0 Å². The Morgan fingerprint density at radius 3 is 2.38 bits per heavy atom. The van der Waals surface area contributed by atoms with Gasteiger partial charge in [-0.3, -0.25) is 29.2 Å². The molecule has 0 bridgehead atoms. The highest BCUT2D eigenvalue weighted by Gasteiger charge is 2.39. The van der Waals surface area contributed by atoms with Crippen LogP contribution in [0.1, 0.15) is 48.3 Å². The van der Waals surface area contributed by atoms with Crippen molar-refractivity contribution in [1.29, 1.82) is 0 Å². The number of hydrazine groups is 1. The van der Waals surface area contributed by atoms with Gasteiger partial charge in [0.25, 0.3) is 11.8 Å². The Labute approximate surface area is 186 Å². The summed E-state index contributed by atoms with van der Waals surface area (Å²) < 4.78 is 0. The summed E-state index contributed by atoms with van der Waals surface area (Å²) in [5.41, 5.74) is 1.53. The molecular formula is C23H27N5O4. The number of likely N-dealkylation sites (N-methyl/N-ethyl adjacent to an activating group) is 1. The average Bonchev–Trinajstić information content (AvgIpc) is 2.83. The van der Waals surface area contributed by atoms with Gasteiger partial charge in [0.05, 0.1) is 6.42 Å². The van der Waals surface area contributed by atoms with Crippen LogP contribution >= 0.6 is 0 Å². The number of nitrogens with zero attached hydrogens (tertiary/aromatic N) is 3. The third-order valence-electron chi connectivity index (χ3n) is 5.26. The number of benzene rings is 1. The minimum atomic E-state index is -1.06. The van der Waals surface area contributed by atoms with Gasteiger partial charge in [0, 0.05) is 31.0 Å². The van der Waals surface area contributed by atoms with Crippen molar-refractivity contribution in [3.63, 3.8) is 0 Å². The fraction of sp³-hybridized carbons (Fsp3) is 0.348. The maximum absolute atomic E-state index is 13.2. The van der Waals surface area contributed by atoms with E-state index in [0.717, 1.165) is 5.56 Å². The van der Waals surface area contributed by atoms with Gasteiger partial charge in [-0.2, -0.15) is 0 Å². The third kappa shape index (κ3) is 4.77. The summed E-state index contributed by atoms with van der Waals surface area (Å²) in [4.78, 5) is 55.4. The second-order valence-electron chi connectivity index (χ2n) is 7.96. The number of nitrogens with one attached hydrogen (secondary N) is 2. The lowest BCUT2D eigenvalue weighted by atomic mass is 9.99. The Balaban J connectivity index is 1.78. The van der Waals surface area contributed by atoms with Gasteiger partial charge in [-0.1, -0.05) is 18.2 Å². The maximum atomic E-state index is 13.2. The van der Waals surface area contributed by atoms with Crippen LogP contribution in [0.25, 0.3) is 0 Å². The molecule has 2 aromatic rings. The van der Waals surface area contributed by atoms with E-state index in [9.17, 15) is 19.2 Å². The van der Waals surface area contributed by atoms with Crippen molar-refractivity contribution in [1.82, 2.24) is 25.6 Å². The van der Waals surface area contributed by atoms with Crippen LogP contribution in [0, 0.1) is 0 Å². The van der Waals surface area contributed by atoms with Crippen LogP contribution in [0.15, 0.2) is 48.8 Å². The van der Waals surface area contributed by atoms with Crippen LogP contribution in [0.4, 0.5) is 0 Å². The molecule has 0 radical (unpaired) electrons. The van der Waals surface area contributed by atoms with Gasteiger partial charge in [-0.05, 0) is 50.1 Å². The zero-order valence-electron chi connectivity index (χ0n) is 18.5. The van der Waals surface area contributed by atoms with E-state index in [1.807, 2.05) is 13.8 Å². The number of amides is 4. The Bertz CT molecular complexity index is 1020. The molecule has 3 rings (SSSR count). The van der Waals surface area contributed by atoms with Crippen molar-refractivity contribution < 1.29 is 19.2 Å². The number of rotatable bonds is 6. The first-order chi connectivity index (χ1) is 15.2. The van der Waals surface area contributed by atoms with Gasteiger partial charge < -0.3 is 10.6 Å². The fourth-order valence-corrected chi connectivity index (χ4v) is 3.66. The van der Waals surface area contributed by atoms with Gasteiger partial charge in [0.2, 0.25) is 11.8 Å². The summed E-state index contributed by atoms with van der Waals surface area (Å²) in [5.74, 6) is -1.62. The van der Waals surface area contributed by atoms with Crippen LogP contribution in [0.3, 0.4) is 0 Å². The molecule has 2 atom stereocenters. The van der Waals surface area contributed by atoms with Crippen molar-refractivity contribution >= 4 is 23.6 Å². The van der Waals surface area contributed by atoms with Crippen molar-refractivity contribution in [2.45, 2.75) is 45.3 Å². The maximum Gasteiger partial charge on any atom is 0.273 e. The highest BCUT2D eigenvalue weighted by atomic mass is 16.2. The highest BCUT2D eigenvalue weighted by molar-refractivity contribution is 6.02. The molecule has 1 unspecified atom stereocenters. The van der Waals surface area contributed by atoms with Crippen LogP contribution in [0.2, 0.25) is 0 Å². The second-order valence-corrected chi connectivity index (χ2v) is 7.96. The summed E-state index contributed by atoms with van der Waals surface area (Å²) in [7, 11) is 1.51. The van der Waals surface area contributed by atoms with Crippen LogP contribution in [-0.2, 0) is 20.8 Å². The topological polar surface area (TPSA) is 112 Å². The first-order valence-electron chi connectivity index (χ1n) is 10.4. The standard InChI is InChI=1S/C23H27N5O4/c1-14(2)28-22(31)18-8-6-5-7-17(18)20(23(32)27(28)4)26-21(30)15(3)25-19(29)13-16-9-11-24-12-10-16/h5-12,14-15,20H,13H2,1-4H3,(H,25,29)(H,26,30)/t15-,20?/m0/s1. The van der Waals surface area contributed by atoms with E-state index < -0.39 is 23.9 Å². The summed E-state index contributed by atoms with van der Waals surface area (Å²) in [6.45, 7) is 5.16. The largest absolute Gasteiger partial charge is 0.344 e. The third-order valence-corrected chi connectivity index (χ3v) is 5.26. The van der Waals surface area contributed by atoms with Gasteiger partial charge in [0.1, 0.15) is 12.1 Å². The minimum Gasteiger partial charge on any atom is -0.344 e. The SMILES string of the molecule is CC(C)N1C(=O)c2ccccc2C(NC(=O)[C@H](C)NC(=O)Cc2ccncc2)C(=O)N1C. The monoisotopic (exact) mass is 437 g/mol. The lowest BCUT2D eigenvalue weighted by Crippen LogP contribution is -2.53. The molecule has 0 aliphatic carbocycles. The van der Waals surface area contributed by atoms with Crippen molar-refractivity contribution in [3.8, 4) is 0 Å². The molecule has 1 aliphatic heterocycles. The van der Waals surface area contributed by atoms with E-state index in [0.29, 0.717) is 11.1 Å². The first kappa shape index (κ1) is 22.9. The van der Waals surface area contributed by atoms with E-state index in [-0.39, 0.29) is 24.3 Å². The summed E-state index contributed by atoms with van der Waals surface area (Å²) in [6.07, 6.45) is 3.28. The van der Waals surface area contributed by atoms with Crippen LogP contribution in [0.5, 0.6) is 0 Å². The number of carbonyl (C=O) groups is 4. The Kier molecular flexibility index (Phi) is 6.87. The zero-order chi connectivity index (χ0) is 23.4. The molecule has 0 saturated carbocycles. The molecule has 2 N–H and O–H groups in total. The Morgan fingerprint density at radius 1 is 1.06 bits per heavy atom. The van der Waals surface area contributed by atoms with E-state index in [4.69, 9.17) is 0 Å². The molecule has 1 aromatic heterocycles. The molecule has 4 amide bonds. The van der Waals surface area contributed by atoms with Gasteiger partial charge in [0.15, 0.2) is 0 Å². The van der Waals surface area contributed by atoms with Crippen molar-refractivity contribution in [3.05, 3.63) is 65.5 Å². The molecule has 168 valence electrons. The number of pyridine rings is 1. The molecule has 0 fully saturated rings. The molecule has 0 spiro atoms. The molecule has 1 aliphatic rings. The minimum absolute atomic E-state index is 0.103. The Hall–Kier alpha value is -3.75. The summed E-state index contributed by atoms with van der Waals surface area (Å²) in [5, 5.41) is 7.97. The quantitative estimate of drug-likeness (QED) is 0.706. The van der Waals surface area contributed by atoms with Gasteiger partial charge in [-0.15, -0.1) is 0 Å². The normalized spacial score (nSPS) is 17.0. The highest BCUT2D eigenvalue weighted by Crippen LogP contribution is 2.27. The summed E-state index contributed by atoms with van der Waals surface area (Å²) >= 11 is 0. The summed E-state index contributed by atoms with van der Waals surface area (Å²) in [6, 6.07) is 7.96. The molecule has 0 saturated heterocycles. The van der Waals surface area contributed by atoms with Crippen LogP contribution < -0.4 is 10.6 Å². The predicted octanol–water partition coefficient (Wildman–Crippen LogP) is 1.22. The van der Waals surface area contributed by atoms with Crippen LogP contribution in [-0.4, -0.2) is 57.8 Å². The number of hydrogen-bond acceptors (Lipinski definition) is 5. The molecule has 9 nitrogen and oxygen atoms in total.